The minimum atomic E-state index is -0.0713. The largest absolute Gasteiger partial charge is 0.490 e. The number of para-hydroxylation sites is 2. The van der Waals surface area contributed by atoms with Gasteiger partial charge in [-0.3, -0.25) is 4.79 Å². The molecule has 5 aromatic rings. The first-order valence-electron chi connectivity index (χ1n) is 10.2. The minimum absolute atomic E-state index is 0.0713. The van der Waals surface area contributed by atoms with Crippen LogP contribution in [0.4, 0.5) is 0 Å². The first-order valence-corrected chi connectivity index (χ1v) is 11.4. The van der Waals surface area contributed by atoms with Gasteiger partial charge in [0.05, 0.1) is 22.2 Å². The maximum atomic E-state index is 13.0. The normalized spacial score (nSPS) is 12.0. The third kappa shape index (κ3) is 3.95. The van der Waals surface area contributed by atoms with Gasteiger partial charge in [-0.25, -0.2) is 9.38 Å². The highest BCUT2D eigenvalue weighted by Gasteiger charge is 2.11. The summed E-state index contributed by atoms with van der Waals surface area (Å²) in [5.74, 6) is 1.26. The predicted molar refractivity (Wildman–Crippen MR) is 129 cm³/mol. The van der Waals surface area contributed by atoms with Gasteiger partial charge in [-0.1, -0.05) is 53.3 Å². The molecule has 160 valence electrons. The van der Waals surface area contributed by atoms with Crippen molar-refractivity contribution in [1.82, 2.24) is 9.38 Å². The molecule has 0 aliphatic heterocycles. The number of fused-ring (bicyclic) bond motifs is 3. The summed E-state index contributed by atoms with van der Waals surface area (Å²) >= 11 is 7.43. The summed E-state index contributed by atoms with van der Waals surface area (Å²) in [7, 11) is 0. The second-order valence-corrected chi connectivity index (χ2v) is 8.64. The molecule has 2 heterocycles. The summed E-state index contributed by atoms with van der Waals surface area (Å²) in [5.41, 5.74) is 3.40. The van der Waals surface area contributed by atoms with Crippen molar-refractivity contribution in [3.8, 4) is 11.5 Å². The van der Waals surface area contributed by atoms with E-state index in [4.69, 9.17) is 21.1 Å². The predicted octanol–water partition coefficient (Wildman–Crippen LogP) is 5.09. The van der Waals surface area contributed by atoms with Crippen molar-refractivity contribution < 1.29 is 9.47 Å². The van der Waals surface area contributed by atoms with E-state index in [2.05, 4.69) is 4.98 Å². The Labute approximate surface area is 193 Å². The van der Waals surface area contributed by atoms with Crippen LogP contribution in [0, 0.1) is 0 Å². The van der Waals surface area contributed by atoms with Gasteiger partial charge in [-0.15, -0.1) is 0 Å². The number of benzene rings is 3. The smallest absolute Gasteiger partial charge is 0.274 e. The zero-order valence-corrected chi connectivity index (χ0v) is 18.8. The summed E-state index contributed by atoms with van der Waals surface area (Å²) in [6.45, 7) is 2.80. The fourth-order valence-corrected chi connectivity index (χ4v) is 4.75. The number of hydrogen-bond acceptors (Lipinski definition) is 5. The van der Waals surface area contributed by atoms with E-state index < -0.39 is 0 Å². The molecular weight excluding hydrogens is 444 g/mol. The number of ether oxygens (including phenoxy) is 2. The maximum absolute atomic E-state index is 13.0. The van der Waals surface area contributed by atoms with Gasteiger partial charge < -0.3 is 9.47 Å². The first kappa shape index (κ1) is 20.5. The highest BCUT2D eigenvalue weighted by atomic mass is 35.5. The lowest BCUT2D eigenvalue weighted by molar-refractivity contribution is 0.269. The van der Waals surface area contributed by atoms with E-state index in [0.717, 1.165) is 22.2 Å². The summed E-state index contributed by atoms with van der Waals surface area (Å²) < 4.78 is 14.1. The van der Waals surface area contributed by atoms with Crippen molar-refractivity contribution in [1.29, 1.82) is 0 Å². The van der Waals surface area contributed by atoms with E-state index in [1.165, 1.54) is 11.3 Å². The van der Waals surface area contributed by atoms with Crippen molar-refractivity contribution in [2.45, 2.75) is 13.5 Å². The Morgan fingerprint density at radius 1 is 1.03 bits per heavy atom. The quantitative estimate of drug-likeness (QED) is 0.353. The zero-order valence-electron chi connectivity index (χ0n) is 17.2. The number of thiazole rings is 1. The summed E-state index contributed by atoms with van der Waals surface area (Å²) in [6.07, 6.45) is 1.86. The van der Waals surface area contributed by atoms with Gasteiger partial charge in [0.15, 0.2) is 16.5 Å². The van der Waals surface area contributed by atoms with E-state index in [1.807, 2.05) is 79.7 Å². The Morgan fingerprint density at radius 2 is 1.91 bits per heavy atom. The van der Waals surface area contributed by atoms with E-state index in [-0.39, 0.29) is 5.56 Å². The number of aromatic nitrogens is 2. The lowest BCUT2D eigenvalue weighted by Gasteiger charge is -2.13. The fourth-order valence-electron chi connectivity index (χ4n) is 3.55. The Bertz CT molecular complexity index is 1540. The van der Waals surface area contributed by atoms with Crippen LogP contribution in [-0.2, 0) is 6.61 Å². The molecule has 0 radical (unpaired) electrons. The average Bonchev–Trinajstić information content (AvgIpc) is 3.29. The topological polar surface area (TPSA) is 52.8 Å². The minimum Gasteiger partial charge on any atom is -0.490 e. The molecule has 2 aromatic heterocycles. The second kappa shape index (κ2) is 8.65. The van der Waals surface area contributed by atoms with Crippen molar-refractivity contribution in [3.05, 3.63) is 97.8 Å². The highest BCUT2D eigenvalue weighted by Crippen LogP contribution is 2.30. The highest BCUT2D eigenvalue weighted by molar-refractivity contribution is 7.15. The van der Waals surface area contributed by atoms with Crippen molar-refractivity contribution >= 4 is 45.0 Å². The van der Waals surface area contributed by atoms with E-state index >= 15 is 0 Å². The Hall–Kier alpha value is -3.35. The van der Waals surface area contributed by atoms with Gasteiger partial charge in [0.2, 0.25) is 0 Å². The van der Waals surface area contributed by atoms with Crippen LogP contribution in [0.25, 0.3) is 22.1 Å². The summed E-state index contributed by atoms with van der Waals surface area (Å²) in [5, 5.41) is 0.671. The van der Waals surface area contributed by atoms with E-state index in [1.54, 1.807) is 4.40 Å². The molecule has 0 saturated heterocycles. The Morgan fingerprint density at radius 3 is 2.75 bits per heavy atom. The standard InChI is InChI=1S/C25H19ClN2O3S/c1-2-30-22-13-16(10-11-21(22)31-15-17-6-5-7-18(26)12-17)14-23-24(29)28-20-9-4-3-8-19(20)27-25(28)32-23/h3-14H,2,15H2,1H3/b23-14-. The Kier molecular flexibility index (Phi) is 5.55. The molecule has 7 heteroatoms. The first-order chi connectivity index (χ1) is 15.6. The van der Waals surface area contributed by atoms with Crippen LogP contribution in [-0.4, -0.2) is 16.0 Å². The fraction of sp³-hybridized carbons (Fsp3) is 0.120. The van der Waals surface area contributed by atoms with Crippen LogP contribution in [0.5, 0.6) is 11.5 Å². The van der Waals surface area contributed by atoms with Crippen molar-refractivity contribution in [3.63, 3.8) is 0 Å². The number of hydrogen-bond donors (Lipinski definition) is 0. The maximum Gasteiger partial charge on any atom is 0.274 e. The molecule has 0 atom stereocenters. The van der Waals surface area contributed by atoms with Gasteiger partial charge in [0.25, 0.3) is 5.56 Å². The van der Waals surface area contributed by atoms with Crippen molar-refractivity contribution in [2.24, 2.45) is 0 Å². The molecular formula is C25H19ClN2O3S. The molecule has 3 aromatic carbocycles. The number of nitrogens with zero attached hydrogens (tertiary/aromatic N) is 2. The number of rotatable bonds is 6. The van der Waals surface area contributed by atoms with Crippen LogP contribution >= 0.6 is 22.9 Å². The lowest BCUT2D eigenvalue weighted by Crippen LogP contribution is -2.22. The molecule has 0 aliphatic carbocycles. The van der Waals surface area contributed by atoms with E-state index in [9.17, 15) is 4.79 Å². The molecule has 0 bridgehead atoms. The van der Waals surface area contributed by atoms with Gasteiger partial charge in [0.1, 0.15) is 6.61 Å². The molecule has 0 N–H and O–H groups in total. The van der Waals surface area contributed by atoms with Crippen LogP contribution < -0.4 is 19.6 Å². The van der Waals surface area contributed by atoms with Crippen LogP contribution in [0.2, 0.25) is 5.02 Å². The van der Waals surface area contributed by atoms with Crippen LogP contribution in [0.1, 0.15) is 18.1 Å². The number of halogens is 1. The van der Waals surface area contributed by atoms with Crippen LogP contribution in [0.3, 0.4) is 0 Å². The SMILES string of the molecule is CCOc1cc(/C=c2\sc3nc4ccccc4n3c2=O)ccc1OCc1cccc(Cl)c1. The molecule has 0 aliphatic rings. The monoisotopic (exact) mass is 462 g/mol. The number of imidazole rings is 1. The molecule has 5 rings (SSSR count). The third-order valence-electron chi connectivity index (χ3n) is 4.99. The molecule has 5 nitrogen and oxygen atoms in total. The van der Waals surface area contributed by atoms with Gasteiger partial charge >= 0.3 is 0 Å². The summed E-state index contributed by atoms with van der Waals surface area (Å²) in [6, 6.07) is 20.9. The van der Waals surface area contributed by atoms with Crippen LogP contribution in [0.15, 0.2) is 71.5 Å². The molecule has 32 heavy (non-hydrogen) atoms. The molecule has 0 fully saturated rings. The van der Waals surface area contributed by atoms with Gasteiger partial charge in [0, 0.05) is 5.02 Å². The average molecular weight is 463 g/mol. The zero-order chi connectivity index (χ0) is 22.1. The summed E-state index contributed by atoms with van der Waals surface area (Å²) in [4.78, 5) is 18.3. The molecule has 0 amide bonds. The molecule has 0 unspecified atom stereocenters. The molecule has 0 spiro atoms. The molecule has 0 saturated carbocycles. The van der Waals surface area contributed by atoms with Crippen molar-refractivity contribution in [2.75, 3.05) is 6.61 Å². The second-order valence-electron chi connectivity index (χ2n) is 7.19. The van der Waals surface area contributed by atoms with E-state index in [0.29, 0.717) is 39.2 Å². The lowest BCUT2D eigenvalue weighted by atomic mass is 10.2. The Balaban J connectivity index is 1.48. The van der Waals surface area contributed by atoms with Gasteiger partial charge in [-0.2, -0.15) is 0 Å². The third-order valence-corrected chi connectivity index (χ3v) is 6.20. The van der Waals surface area contributed by atoms with Gasteiger partial charge in [-0.05, 0) is 60.5 Å².